The van der Waals surface area contributed by atoms with Crippen LogP contribution in [0.1, 0.15) is 45.5 Å². The number of rotatable bonds is 14. The monoisotopic (exact) mass is 836 g/mol. The summed E-state index contributed by atoms with van der Waals surface area (Å²) < 4.78 is 36.8. The van der Waals surface area contributed by atoms with Crippen molar-refractivity contribution in [2.45, 2.75) is 46.3 Å². The molecule has 2 aliphatic rings. The summed E-state index contributed by atoms with van der Waals surface area (Å²) in [5, 5.41) is 9.33. The van der Waals surface area contributed by atoms with Crippen molar-refractivity contribution in [3.8, 4) is 45.1 Å². The molecule has 4 heterocycles. The second kappa shape index (κ2) is 18.9. The molecule has 0 amide bonds. The van der Waals surface area contributed by atoms with Gasteiger partial charge in [-0.05, 0) is 65.4 Å². The third-order valence-corrected chi connectivity index (χ3v) is 11.6. The fourth-order valence-electron chi connectivity index (χ4n) is 8.20. The minimum absolute atomic E-state index is 0.262. The lowest BCUT2D eigenvalue weighted by atomic mass is 9.97. The van der Waals surface area contributed by atoms with Crippen LogP contribution in [-0.2, 0) is 35.8 Å². The fourth-order valence-corrected chi connectivity index (χ4v) is 8.41. The van der Waals surface area contributed by atoms with Gasteiger partial charge in [0.1, 0.15) is 30.8 Å². The summed E-state index contributed by atoms with van der Waals surface area (Å²) in [6, 6.07) is 41.0. The second-order valence-electron chi connectivity index (χ2n) is 15.7. The van der Waals surface area contributed by atoms with E-state index >= 15 is 0 Å². The first-order valence-corrected chi connectivity index (χ1v) is 21.3. The van der Waals surface area contributed by atoms with Gasteiger partial charge < -0.3 is 28.0 Å². The summed E-state index contributed by atoms with van der Waals surface area (Å²) in [6.07, 6.45) is -0.262. The first kappa shape index (κ1) is 40.6. The lowest BCUT2D eigenvalue weighted by Crippen LogP contribution is -2.37. The fraction of sp³-hybridized carbons (Fsp3) is 0.280. The molecule has 0 radical (unpaired) electrons. The Bertz CT molecular complexity index is 2550. The van der Waals surface area contributed by atoms with E-state index < -0.39 is 0 Å². The van der Waals surface area contributed by atoms with E-state index in [1.165, 1.54) is 5.56 Å². The van der Waals surface area contributed by atoms with Crippen LogP contribution in [-0.4, -0.2) is 66.1 Å². The molecule has 2 saturated heterocycles. The quantitative estimate of drug-likeness (QED) is 0.105. The number of benzene rings is 5. The Labute approximate surface area is 361 Å². The zero-order chi connectivity index (χ0) is 41.5. The molecule has 0 N–H and O–H groups in total. The molecule has 0 spiro atoms. The SMILES string of the molecule is Cc1noc(-c2cc(Cl)c(OCc3ccccc3)cc2OCc2ccccc2)c1-c1cccc(CN2CCOC(c3onc(C)c3-c3cccc(CN4CCOCC4)c3)C2)c1. The van der Waals surface area contributed by atoms with Gasteiger partial charge in [-0.25, -0.2) is 0 Å². The van der Waals surface area contributed by atoms with E-state index in [9.17, 15) is 0 Å². The average Bonchev–Trinajstić information content (AvgIpc) is 3.88. The van der Waals surface area contributed by atoms with Gasteiger partial charge in [0.05, 0.1) is 52.9 Å². The van der Waals surface area contributed by atoms with Gasteiger partial charge in [0.15, 0.2) is 11.5 Å². The highest BCUT2D eigenvalue weighted by Gasteiger charge is 2.30. The van der Waals surface area contributed by atoms with Gasteiger partial charge in [0.25, 0.3) is 0 Å². The third kappa shape index (κ3) is 9.59. The number of aromatic nitrogens is 2. The van der Waals surface area contributed by atoms with Crippen LogP contribution in [0.3, 0.4) is 0 Å². The highest BCUT2D eigenvalue weighted by Crippen LogP contribution is 2.44. The summed E-state index contributed by atoms with van der Waals surface area (Å²) in [7, 11) is 0. The van der Waals surface area contributed by atoms with Crippen molar-refractivity contribution in [2.75, 3.05) is 46.0 Å². The Hall–Kier alpha value is -5.75. The Morgan fingerprint density at radius 3 is 1.87 bits per heavy atom. The summed E-state index contributed by atoms with van der Waals surface area (Å²) >= 11 is 6.94. The molecule has 0 aliphatic carbocycles. The molecule has 11 heteroatoms. The molecule has 5 aromatic carbocycles. The Kier molecular flexibility index (Phi) is 12.6. The minimum atomic E-state index is -0.262. The standard InChI is InChI=1S/C50H49ClN4O6/c1-34-47(49(60-52-34)42-27-43(51)45(59-33-37-13-7-4-8-14-37)28-44(42)58-32-36-11-5-3-6-12-36)40-17-10-16-39(26-40)30-55-21-24-57-46(31-55)50-48(35(2)53-61-50)41-18-9-15-38(25-41)29-54-19-22-56-23-20-54/h3-18,25-28,46H,19-24,29-33H2,1-2H3. The highest BCUT2D eigenvalue weighted by atomic mass is 35.5. The van der Waals surface area contributed by atoms with Gasteiger partial charge in [0.2, 0.25) is 0 Å². The molecular formula is C50H49ClN4O6. The van der Waals surface area contributed by atoms with E-state index in [4.69, 9.17) is 39.6 Å². The molecule has 9 rings (SSSR count). The van der Waals surface area contributed by atoms with Crippen LogP contribution in [0.25, 0.3) is 33.6 Å². The van der Waals surface area contributed by atoms with Crippen LogP contribution in [0.15, 0.2) is 130 Å². The number of ether oxygens (including phenoxy) is 4. The van der Waals surface area contributed by atoms with Gasteiger partial charge in [0, 0.05) is 45.3 Å². The predicted molar refractivity (Wildman–Crippen MR) is 235 cm³/mol. The number of nitrogens with zero attached hydrogens (tertiary/aromatic N) is 4. The maximum absolute atomic E-state index is 6.94. The summed E-state index contributed by atoms with van der Waals surface area (Å²) in [5.74, 6) is 2.44. The van der Waals surface area contributed by atoms with E-state index in [2.05, 4.69) is 68.6 Å². The van der Waals surface area contributed by atoms with Crippen molar-refractivity contribution in [2.24, 2.45) is 0 Å². The number of halogens is 1. The van der Waals surface area contributed by atoms with Gasteiger partial charge in [-0.15, -0.1) is 0 Å². The van der Waals surface area contributed by atoms with Crippen molar-refractivity contribution >= 4 is 11.6 Å². The molecule has 312 valence electrons. The summed E-state index contributed by atoms with van der Waals surface area (Å²) in [5.41, 5.74) is 10.7. The summed E-state index contributed by atoms with van der Waals surface area (Å²) in [4.78, 5) is 4.84. The number of hydrogen-bond donors (Lipinski definition) is 0. The van der Waals surface area contributed by atoms with E-state index in [-0.39, 0.29) is 6.10 Å². The predicted octanol–water partition coefficient (Wildman–Crippen LogP) is 10.5. The van der Waals surface area contributed by atoms with Gasteiger partial charge >= 0.3 is 0 Å². The Morgan fingerprint density at radius 1 is 0.607 bits per heavy atom. The first-order valence-electron chi connectivity index (χ1n) is 20.9. The second-order valence-corrected chi connectivity index (χ2v) is 16.1. The third-order valence-electron chi connectivity index (χ3n) is 11.3. The smallest absolute Gasteiger partial charge is 0.178 e. The molecule has 7 aromatic rings. The van der Waals surface area contributed by atoms with Crippen LogP contribution in [0.2, 0.25) is 5.02 Å². The van der Waals surface area contributed by atoms with Crippen molar-refractivity contribution in [1.82, 2.24) is 20.1 Å². The molecule has 1 unspecified atom stereocenters. The molecule has 10 nitrogen and oxygen atoms in total. The van der Waals surface area contributed by atoms with Crippen molar-refractivity contribution in [3.05, 3.63) is 166 Å². The Morgan fingerprint density at radius 2 is 1.18 bits per heavy atom. The molecule has 0 bridgehead atoms. The average molecular weight is 837 g/mol. The molecule has 1 atom stereocenters. The number of aryl methyl sites for hydroxylation is 2. The Balaban J connectivity index is 0.951. The van der Waals surface area contributed by atoms with E-state index in [1.807, 2.05) is 86.6 Å². The van der Waals surface area contributed by atoms with Crippen LogP contribution >= 0.6 is 11.6 Å². The summed E-state index contributed by atoms with van der Waals surface area (Å²) in [6.45, 7) is 11.7. The molecule has 2 aromatic heterocycles. The zero-order valence-corrected chi connectivity index (χ0v) is 35.3. The van der Waals surface area contributed by atoms with Crippen LogP contribution < -0.4 is 9.47 Å². The van der Waals surface area contributed by atoms with E-state index in [0.29, 0.717) is 54.2 Å². The van der Waals surface area contributed by atoms with E-state index in [0.717, 1.165) is 102 Å². The largest absolute Gasteiger partial charge is 0.488 e. The lowest BCUT2D eigenvalue weighted by Gasteiger charge is -2.32. The van der Waals surface area contributed by atoms with Gasteiger partial charge in [-0.3, -0.25) is 9.80 Å². The molecule has 2 aliphatic heterocycles. The maximum Gasteiger partial charge on any atom is 0.178 e. The van der Waals surface area contributed by atoms with Crippen LogP contribution in [0.4, 0.5) is 0 Å². The van der Waals surface area contributed by atoms with Gasteiger partial charge in [-0.1, -0.05) is 119 Å². The van der Waals surface area contributed by atoms with Crippen LogP contribution in [0.5, 0.6) is 11.5 Å². The molecule has 2 fully saturated rings. The number of morpholine rings is 2. The molecule has 61 heavy (non-hydrogen) atoms. The highest BCUT2D eigenvalue weighted by molar-refractivity contribution is 6.32. The van der Waals surface area contributed by atoms with E-state index in [1.54, 1.807) is 0 Å². The topological polar surface area (TPSA) is 95.5 Å². The minimum Gasteiger partial charge on any atom is -0.488 e. The van der Waals surface area contributed by atoms with Crippen molar-refractivity contribution in [3.63, 3.8) is 0 Å². The molecular weight excluding hydrogens is 788 g/mol. The zero-order valence-electron chi connectivity index (χ0n) is 34.5. The normalized spacial score (nSPS) is 16.1. The maximum atomic E-state index is 6.94. The number of hydrogen-bond acceptors (Lipinski definition) is 10. The van der Waals surface area contributed by atoms with Crippen molar-refractivity contribution in [1.29, 1.82) is 0 Å². The van der Waals surface area contributed by atoms with Crippen molar-refractivity contribution < 1.29 is 28.0 Å². The van der Waals surface area contributed by atoms with Crippen LogP contribution in [0, 0.1) is 13.8 Å². The molecule has 0 saturated carbocycles. The first-order chi connectivity index (χ1) is 29.9. The lowest BCUT2D eigenvalue weighted by molar-refractivity contribution is -0.0446. The van der Waals surface area contributed by atoms with Gasteiger partial charge in [-0.2, -0.15) is 0 Å².